The van der Waals surface area contributed by atoms with Crippen LogP contribution >= 0.6 is 11.8 Å². The van der Waals surface area contributed by atoms with E-state index in [9.17, 15) is 4.79 Å². The van der Waals surface area contributed by atoms with Gasteiger partial charge in [-0.15, -0.1) is 5.10 Å². The lowest BCUT2D eigenvalue weighted by Gasteiger charge is -1.97. The molecule has 1 heterocycles. The number of thioether (sulfide) groups is 1. The molecule has 0 saturated carbocycles. The van der Waals surface area contributed by atoms with Crippen molar-refractivity contribution in [1.82, 2.24) is 10.2 Å². The minimum absolute atomic E-state index is 0.105. The van der Waals surface area contributed by atoms with Crippen molar-refractivity contribution >= 4 is 17.7 Å². The molecule has 0 aromatic carbocycles. The molecule has 0 atom stereocenters. The normalized spacial score (nSPS) is 10.1. The van der Waals surface area contributed by atoms with Crippen LogP contribution in [-0.2, 0) is 4.74 Å². The zero-order valence-corrected chi connectivity index (χ0v) is 10.2. The number of hydrogen-bond acceptors (Lipinski definition) is 6. The Labute approximate surface area is 98.3 Å². The third-order valence-electron chi connectivity index (χ3n) is 1.76. The van der Waals surface area contributed by atoms with Gasteiger partial charge in [-0.25, -0.2) is 4.79 Å². The predicted octanol–water partition coefficient (Wildman–Crippen LogP) is 2.30. The Balaban J connectivity index is 2.51. The summed E-state index contributed by atoms with van der Waals surface area (Å²) in [7, 11) is 0. The number of hydrogen-bond donors (Lipinski definition) is 0. The van der Waals surface area contributed by atoms with Crippen LogP contribution < -0.4 is 0 Å². The summed E-state index contributed by atoms with van der Waals surface area (Å²) in [6.45, 7) is 7.89. The van der Waals surface area contributed by atoms with E-state index < -0.39 is 5.97 Å². The number of ether oxygens (including phenoxy) is 1. The van der Waals surface area contributed by atoms with Crippen molar-refractivity contribution in [3.63, 3.8) is 0 Å². The first-order valence-electron chi connectivity index (χ1n) is 4.97. The Morgan fingerprint density at radius 2 is 2.25 bits per heavy atom. The van der Waals surface area contributed by atoms with E-state index in [1.807, 2.05) is 6.92 Å². The van der Waals surface area contributed by atoms with E-state index in [0.717, 1.165) is 12.0 Å². The van der Waals surface area contributed by atoms with Crippen molar-refractivity contribution in [3.05, 3.63) is 18.0 Å². The molecule has 0 unspecified atom stereocenters. The van der Waals surface area contributed by atoms with Gasteiger partial charge in [0.15, 0.2) is 0 Å². The molecule has 1 aromatic rings. The summed E-state index contributed by atoms with van der Waals surface area (Å²) in [5.74, 6) is 0.0173. The van der Waals surface area contributed by atoms with Gasteiger partial charge in [-0.1, -0.05) is 35.9 Å². The highest BCUT2D eigenvalue weighted by atomic mass is 32.2. The molecule has 16 heavy (non-hydrogen) atoms. The maximum absolute atomic E-state index is 11.2. The predicted molar refractivity (Wildman–Crippen MR) is 60.4 cm³/mol. The summed E-state index contributed by atoms with van der Waals surface area (Å²) in [5, 5.41) is 7.69. The molecule has 0 aliphatic rings. The van der Waals surface area contributed by atoms with Crippen LogP contribution in [-0.4, -0.2) is 28.5 Å². The minimum atomic E-state index is -0.587. The zero-order valence-electron chi connectivity index (χ0n) is 9.36. The molecule has 0 aliphatic carbocycles. The van der Waals surface area contributed by atoms with Gasteiger partial charge >= 0.3 is 11.9 Å². The Kier molecular flexibility index (Phi) is 5.04. The first-order chi connectivity index (χ1) is 7.67. The SMILES string of the molecule is C=C(CC)CSc1nnc(C(=O)OCC)o1. The van der Waals surface area contributed by atoms with Gasteiger partial charge in [0.05, 0.1) is 6.61 Å². The average molecular weight is 242 g/mol. The van der Waals surface area contributed by atoms with Crippen molar-refractivity contribution in [3.8, 4) is 0 Å². The zero-order chi connectivity index (χ0) is 12.0. The van der Waals surface area contributed by atoms with Crippen LogP contribution in [0, 0.1) is 0 Å². The lowest BCUT2D eigenvalue weighted by molar-refractivity contribution is 0.0475. The lowest BCUT2D eigenvalue weighted by atomic mass is 10.3. The summed E-state index contributed by atoms with van der Waals surface area (Å²) < 4.78 is 9.84. The van der Waals surface area contributed by atoms with Crippen molar-refractivity contribution in [2.45, 2.75) is 25.5 Å². The average Bonchev–Trinajstić information content (AvgIpc) is 2.75. The maximum Gasteiger partial charge on any atom is 0.396 e. The molecule has 0 saturated heterocycles. The smallest absolute Gasteiger partial charge is 0.396 e. The Hall–Kier alpha value is -1.30. The molecule has 0 fully saturated rings. The highest BCUT2D eigenvalue weighted by molar-refractivity contribution is 7.99. The molecular weight excluding hydrogens is 228 g/mol. The van der Waals surface area contributed by atoms with Gasteiger partial charge < -0.3 is 9.15 Å². The summed E-state index contributed by atoms with van der Waals surface area (Å²) in [4.78, 5) is 11.2. The molecule has 5 nitrogen and oxygen atoms in total. The molecule has 6 heteroatoms. The first kappa shape index (κ1) is 12.8. The second-order valence-electron chi connectivity index (χ2n) is 2.99. The third kappa shape index (κ3) is 3.69. The van der Waals surface area contributed by atoms with Crippen molar-refractivity contribution in [2.24, 2.45) is 0 Å². The molecular formula is C10H14N2O3S. The Bertz CT molecular complexity index is 376. The van der Waals surface area contributed by atoms with Crippen LogP contribution in [0.1, 0.15) is 31.0 Å². The number of esters is 1. The summed E-state index contributed by atoms with van der Waals surface area (Å²) in [5.41, 5.74) is 1.08. The molecule has 0 bridgehead atoms. The maximum atomic E-state index is 11.2. The van der Waals surface area contributed by atoms with Crippen molar-refractivity contribution in [2.75, 3.05) is 12.4 Å². The molecule has 1 rings (SSSR count). The molecule has 0 aliphatic heterocycles. The monoisotopic (exact) mass is 242 g/mol. The molecule has 0 amide bonds. The number of aromatic nitrogens is 2. The molecule has 0 radical (unpaired) electrons. The standard InChI is InChI=1S/C10H14N2O3S/c1-4-7(3)6-16-10-12-11-8(15-10)9(13)14-5-2/h3-6H2,1-2H3. The van der Waals surface area contributed by atoms with Gasteiger partial charge in [0.1, 0.15) is 0 Å². The van der Waals surface area contributed by atoms with Gasteiger partial charge in [0.25, 0.3) is 5.22 Å². The van der Waals surface area contributed by atoms with Gasteiger partial charge in [0.2, 0.25) is 0 Å². The van der Waals surface area contributed by atoms with Crippen LogP contribution in [0.15, 0.2) is 21.8 Å². The Morgan fingerprint density at radius 3 is 2.88 bits per heavy atom. The number of carbonyl (C=O) groups is 1. The van der Waals surface area contributed by atoms with Crippen molar-refractivity contribution in [1.29, 1.82) is 0 Å². The van der Waals surface area contributed by atoms with E-state index in [1.165, 1.54) is 11.8 Å². The second kappa shape index (κ2) is 6.32. The van der Waals surface area contributed by atoms with E-state index in [0.29, 0.717) is 11.0 Å². The van der Waals surface area contributed by atoms with Crippen LogP contribution in [0.2, 0.25) is 0 Å². The fourth-order valence-electron chi connectivity index (χ4n) is 0.809. The van der Waals surface area contributed by atoms with Crippen LogP contribution in [0.3, 0.4) is 0 Å². The quantitative estimate of drug-likeness (QED) is 0.433. The largest absolute Gasteiger partial charge is 0.459 e. The summed E-state index contributed by atoms with van der Waals surface area (Å²) in [6, 6.07) is 0. The highest BCUT2D eigenvalue weighted by Crippen LogP contribution is 2.19. The number of carbonyl (C=O) groups excluding carboxylic acids is 1. The molecule has 1 aromatic heterocycles. The van der Waals surface area contributed by atoms with E-state index in [2.05, 4.69) is 16.8 Å². The summed E-state index contributed by atoms with van der Waals surface area (Å²) in [6.07, 6.45) is 0.909. The van der Waals surface area contributed by atoms with E-state index in [4.69, 9.17) is 9.15 Å². The van der Waals surface area contributed by atoms with Gasteiger partial charge in [-0.2, -0.15) is 0 Å². The minimum Gasteiger partial charge on any atom is -0.459 e. The van der Waals surface area contributed by atoms with Gasteiger partial charge in [-0.3, -0.25) is 0 Å². The van der Waals surface area contributed by atoms with Crippen LogP contribution in [0.25, 0.3) is 0 Å². The fraction of sp³-hybridized carbons (Fsp3) is 0.500. The lowest BCUT2D eigenvalue weighted by Crippen LogP contribution is -2.04. The topological polar surface area (TPSA) is 65.2 Å². The van der Waals surface area contributed by atoms with Gasteiger partial charge in [0, 0.05) is 5.75 Å². The number of nitrogens with zero attached hydrogens (tertiary/aromatic N) is 2. The molecule has 88 valence electrons. The van der Waals surface area contributed by atoms with Crippen molar-refractivity contribution < 1.29 is 13.9 Å². The Morgan fingerprint density at radius 1 is 1.50 bits per heavy atom. The van der Waals surface area contributed by atoms with Crippen LogP contribution in [0.5, 0.6) is 0 Å². The molecule has 0 N–H and O–H groups in total. The summed E-state index contributed by atoms with van der Waals surface area (Å²) >= 11 is 1.36. The first-order valence-corrected chi connectivity index (χ1v) is 5.96. The number of rotatable bonds is 6. The van der Waals surface area contributed by atoms with Crippen LogP contribution in [0.4, 0.5) is 0 Å². The highest BCUT2D eigenvalue weighted by Gasteiger charge is 2.15. The van der Waals surface area contributed by atoms with E-state index in [-0.39, 0.29) is 12.5 Å². The third-order valence-corrected chi connectivity index (χ3v) is 2.72. The second-order valence-corrected chi connectivity index (χ2v) is 3.91. The molecule has 0 spiro atoms. The van der Waals surface area contributed by atoms with Gasteiger partial charge in [-0.05, 0) is 13.3 Å². The van der Waals surface area contributed by atoms with E-state index >= 15 is 0 Å². The van der Waals surface area contributed by atoms with E-state index in [1.54, 1.807) is 6.92 Å². The fourth-order valence-corrected chi connectivity index (χ4v) is 1.58.